The Kier molecular flexibility index (Phi) is 4.93. The third-order valence-corrected chi connectivity index (χ3v) is 4.72. The van der Waals surface area contributed by atoms with Gasteiger partial charge in [-0.1, -0.05) is 0 Å². The summed E-state index contributed by atoms with van der Waals surface area (Å²) in [7, 11) is 0. The number of aliphatic hydroxyl groups is 1. The minimum absolute atomic E-state index is 0.237. The van der Waals surface area contributed by atoms with Crippen molar-refractivity contribution in [3.8, 4) is 5.75 Å². The van der Waals surface area contributed by atoms with E-state index in [0.717, 1.165) is 6.07 Å². The highest BCUT2D eigenvalue weighted by molar-refractivity contribution is 5.96. The first-order chi connectivity index (χ1) is 13.0. The Hall–Kier alpha value is -2.87. The average Bonchev–Trinajstić information content (AvgIpc) is 2.62. The standard InChI is InChI=1S/C20H18F3NO4/c1-9(25)10-4-7-14-12(8-10)17(18(26)20(2,3)28-14)24-19(27)11-5-6-13(21)16(23)15(11)22/h4-8,17-18,26H,1-3H3,(H,24,27)/t17-,18-/m1/s1. The van der Waals surface area contributed by atoms with Crippen LogP contribution in [0.1, 0.15) is 53.1 Å². The van der Waals surface area contributed by atoms with Crippen LogP contribution in [0, 0.1) is 17.5 Å². The normalized spacial score (nSPS) is 20.1. The molecule has 8 heteroatoms. The highest BCUT2D eigenvalue weighted by Gasteiger charge is 2.44. The van der Waals surface area contributed by atoms with E-state index in [0.29, 0.717) is 22.9 Å². The first-order valence-electron chi connectivity index (χ1n) is 8.49. The van der Waals surface area contributed by atoms with Crippen LogP contribution in [0.25, 0.3) is 0 Å². The summed E-state index contributed by atoms with van der Waals surface area (Å²) in [6.07, 6.45) is -1.26. The number of nitrogens with one attached hydrogen (secondary N) is 1. The van der Waals surface area contributed by atoms with Crippen LogP contribution in [0.2, 0.25) is 0 Å². The molecule has 28 heavy (non-hydrogen) atoms. The lowest BCUT2D eigenvalue weighted by Crippen LogP contribution is -2.53. The number of halogens is 3. The van der Waals surface area contributed by atoms with Gasteiger partial charge in [0.25, 0.3) is 5.91 Å². The summed E-state index contributed by atoms with van der Waals surface area (Å²) < 4.78 is 46.3. The number of benzene rings is 2. The number of rotatable bonds is 3. The van der Waals surface area contributed by atoms with Crippen LogP contribution >= 0.6 is 0 Å². The van der Waals surface area contributed by atoms with E-state index >= 15 is 0 Å². The van der Waals surface area contributed by atoms with Gasteiger partial charge in [0.2, 0.25) is 0 Å². The first kappa shape index (κ1) is 19.9. The summed E-state index contributed by atoms with van der Waals surface area (Å²) in [5, 5.41) is 13.1. The monoisotopic (exact) mass is 393 g/mol. The summed E-state index contributed by atoms with van der Waals surface area (Å²) in [5.41, 5.74) is -1.18. The maximum absolute atomic E-state index is 14.0. The number of hydrogen-bond donors (Lipinski definition) is 2. The van der Waals surface area contributed by atoms with Gasteiger partial charge in [0.15, 0.2) is 23.2 Å². The number of ketones is 1. The molecule has 148 valence electrons. The van der Waals surface area contributed by atoms with Gasteiger partial charge in [0.1, 0.15) is 17.5 Å². The number of ether oxygens (including phenoxy) is 1. The van der Waals surface area contributed by atoms with Gasteiger partial charge in [0.05, 0.1) is 11.6 Å². The number of hydrogen-bond acceptors (Lipinski definition) is 4. The molecule has 0 bridgehead atoms. The molecule has 0 radical (unpaired) electrons. The second-order valence-corrected chi connectivity index (χ2v) is 7.13. The van der Waals surface area contributed by atoms with E-state index in [1.807, 2.05) is 0 Å². The number of fused-ring (bicyclic) bond motifs is 1. The lowest BCUT2D eigenvalue weighted by atomic mass is 9.85. The summed E-state index contributed by atoms with van der Waals surface area (Å²) >= 11 is 0. The average molecular weight is 393 g/mol. The van der Waals surface area contributed by atoms with Gasteiger partial charge in [-0.15, -0.1) is 0 Å². The predicted molar refractivity (Wildman–Crippen MR) is 93.7 cm³/mol. The molecule has 1 aliphatic rings. The number of aliphatic hydroxyl groups excluding tert-OH is 1. The minimum Gasteiger partial charge on any atom is -0.485 e. The van der Waals surface area contributed by atoms with Gasteiger partial charge in [-0.05, 0) is 51.1 Å². The molecular formula is C20H18F3NO4. The van der Waals surface area contributed by atoms with Crippen LogP contribution < -0.4 is 10.1 Å². The SMILES string of the molecule is CC(=O)c1ccc2c(c1)[C@@H](NC(=O)c1ccc(F)c(F)c1F)[C@@H](O)C(C)(C)O2. The molecule has 1 aliphatic heterocycles. The largest absolute Gasteiger partial charge is 0.485 e. The van der Waals surface area contributed by atoms with E-state index in [1.54, 1.807) is 19.9 Å². The Bertz CT molecular complexity index is 974. The number of amides is 1. The molecule has 1 heterocycles. The molecule has 0 unspecified atom stereocenters. The molecule has 0 aliphatic carbocycles. The Balaban J connectivity index is 2.03. The summed E-state index contributed by atoms with van der Waals surface area (Å²) in [6, 6.07) is 4.92. The maximum Gasteiger partial charge on any atom is 0.254 e. The van der Waals surface area contributed by atoms with Crippen molar-refractivity contribution in [3.05, 3.63) is 64.5 Å². The topological polar surface area (TPSA) is 75.6 Å². The molecule has 0 saturated carbocycles. The fraction of sp³-hybridized carbons (Fsp3) is 0.300. The van der Waals surface area contributed by atoms with Crippen molar-refractivity contribution in [3.63, 3.8) is 0 Å². The Labute approximate surface area is 159 Å². The molecule has 0 fully saturated rings. The molecule has 3 rings (SSSR count). The maximum atomic E-state index is 14.0. The van der Waals surface area contributed by atoms with Crippen molar-refractivity contribution in [2.75, 3.05) is 0 Å². The van der Waals surface area contributed by atoms with Crippen LogP contribution in [0.4, 0.5) is 13.2 Å². The van der Waals surface area contributed by atoms with Crippen LogP contribution in [0.5, 0.6) is 5.75 Å². The van der Waals surface area contributed by atoms with Crippen molar-refractivity contribution in [2.45, 2.75) is 38.5 Å². The van der Waals surface area contributed by atoms with Crippen molar-refractivity contribution >= 4 is 11.7 Å². The molecule has 2 aromatic rings. The van der Waals surface area contributed by atoms with Gasteiger partial charge in [-0.3, -0.25) is 9.59 Å². The van der Waals surface area contributed by atoms with Gasteiger partial charge in [-0.2, -0.15) is 0 Å². The molecular weight excluding hydrogens is 375 g/mol. The second kappa shape index (κ2) is 6.94. The Morgan fingerprint density at radius 2 is 1.79 bits per heavy atom. The van der Waals surface area contributed by atoms with Crippen molar-refractivity contribution in [1.82, 2.24) is 5.32 Å². The second-order valence-electron chi connectivity index (χ2n) is 7.13. The molecule has 0 spiro atoms. The molecule has 1 amide bonds. The number of Topliss-reactive ketones (excluding diaryl/α,β-unsaturated/α-hetero) is 1. The van der Waals surface area contributed by atoms with Gasteiger partial charge in [0, 0.05) is 11.1 Å². The quantitative estimate of drug-likeness (QED) is 0.620. The van der Waals surface area contributed by atoms with Gasteiger partial charge >= 0.3 is 0 Å². The highest BCUT2D eigenvalue weighted by atomic mass is 19.2. The molecule has 2 aromatic carbocycles. The number of carbonyl (C=O) groups excluding carboxylic acids is 2. The molecule has 0 saturated heterocycles. The third kappa shape index (κ3) is 3.35. The molecule has 5 nitrogen and oxygen atoms in total. The van der Waals surface area contributed by atoms with Crippen molar-refractivity contribution in [2.24, 2.45) is 0 Å². The minimum atomic E-state index is -1.76. The molecule has 0 aromatic heterocycles. The number of carbonyl (C=O) groups is 2. The zero-order chi connectivity index (χ0) is 20.8. The summed E-state index contributed by atoms with van der Waals surface area (Å²) in [5.74, 6) is -5.76. The van der Waals surface area contributed by atoms with E-state index in [2.05, 4.69) is 5.32 Å². The Morgan fingerprint density at radius 1 is 1.11 bits per heavy atom. The summed E-state index contributed by atoms with van der Waals surface area (Å²) in [4.78, 5) is 24.2. The molecule has 2 N–H and O–H groups in total. The van der Waals surface area contributed by atoms with Gasteiger partial charge in [-0.25, -0.2) is 13.2 Å². The lowest BCUT2D eigenvalue weighted by Gasteiger charge is -2.42. The van der Waals surface area contributed by atoms with Crippen molar-refractivity contribution in [1.29, 1.82) is 0 Å². The first-order valence-corrected chi connectivity index (χ1v) is 8.49. The zero-order valence-electron chi connectivity index (χ0n) is 15.3. The Morgan fingerprint density at radius 3 is 2.43 bits per heavy atom. The fourth-order valence-corrected chi connectivity index (χ4v) is 3.10. The lowest BCUT2D eigenvalue weighted by molar-refractivity contribution is -0.0628. The van der Waals surface area contributed by atoms with Crippen molar-refractivity contribution < 1.29 is 32.6 Å². The van der Waals surface area contributed by atoms with Crippen LogP contribution in [-0.4, -0.2) is 28.5 Å². The smallest absolute Gasteiger partial charge is 0.254 e. The zero-order valence-corrected chi connectivity index (χ0v) is 15.3. The van der Waals surface area contributed by atoms with E-state index in [-0.39, 0.29) is 5.78 Å². The van der Waals surface area contributed by atoms with E-state index in [1.165, 1.54) is 19.1 Å². The fourth-order valence-electron chi connectivity index (χ4n) is 3.10. The summed E-state index contributed by atoms with van der Waals surface area (Å²) in [6.45, 7) is 4.55. The van der Waals surface area contributed by atoms with Crippen LogP contribution in [0.3, 0.4) is 0 Å². The van der Waals surface area contributed by atoms with Gasteiger partial charge < -0.3 is 15.2 Å². The predicted octanol–water partition coefficient (Wildman–Crippen LogP) is 3.31. The van der Waals surface area contributed by atoms with Crippen LogP contribution in [0.15, 0.2) is 30.3 Å². The van der Waals surface area contributed by atoms with E-state index in [4.69, 9.17) is 4.74 Å². The third-order valence-electron chi connectivity index (χ3n) is 4.72. The highest BCUT2D eigenvalue weighted by Crippen LogP contribution is 2.40. The van der Waals surface area contributed by atoms with E-state index < -0.39 is 46.7 Å². The molecule has 2 atom stereocenters. The van der Waals surface area contributed by atoms with Crippen LogP contribution in [-0.2, 0) is 0 Å². The van der Waals surface area contributed by atoms with E-state index in [9.17, 15) is 27.9 Å².